The van der Waals surface area contributed by atoms with Crippen molar-refractivity contribution in [1.29, 1.82) is 5.26 Å². The van der Waals surface area contributed by atoms with Crippen LogP contribution in [0.1, 0.15) is 25.6 Å². The largest absolute Gasteiger partial charge is 0.587 e. The van der Waals surface area contributed by atoms with Crippen LogP contribution in [0.15, 0.2) is 67.0 Å². The van der Waals surface area contributed by atoms with Crippen molar-refractivity contribution in [2.75, 3.05) is 12.3 Å². The van der Waals surface area contributed by atoms with Crippen LogP contribution in [0.4, 0.5) is 5.82 Å². The molecule has 0 bridgehead atoms. The first-order valence-electron chi connectivity index (χ1n) is 12.2. The molecule has 5 rings (SSSR count). The van der Waals surface area contributed by atoms with Gasteiger partial charge in [-0.05, 0) is 50.2 Å². The molecule has 1 aliphatic heterocycles. The summed E-state index contributed by atoms with van der Waals surface area (Å²) in [5.74, 6) is -0.748. The lowest BCUT2D eigenvalue weighted by Crippen LogP contribution is -2.37. The van der Waals surface area contributed by atoms with Crippen molar-refractivity contribution in [2.45, 2.75) is 37.9 Å². The Labute approximate surface area is 245 Å². The highest BCUT2D eigenvalue weighted by Crippen LogP contribution is 2.53. The molecule has 4 aromatic rings. The van der Waals surface area contributed by atoms with Gasteiger partial charge in [-0.2, -0.15) is 10.4 Å². The third-order valence-corrected chi connectivity index (χ3v) is 7.92. The maximum Gasteiger partial charge on any atom is 0.587 e. The van der Waals surface area contributed by atoms with Crippen LogP contribution in [-0.4, -0.2) is 39.2 Å². The van der Waals surface area contributed by atoms with Crippen LogP contribution in [0.5, 0.6) is 11.5 Å². The summed E-state index contributed by atoms with van der Waals surface area (Å²) in [6.45, 7) is 2.92. The number of anilines is 1. The van der Waals surface area contributed by atoms with E-state index in [0.29, 0.717) is 11.2 Å². The Morgan fingerprint density at radius 2 is 1.71 bits per heavy atom. The Hall–Kier alpha value is -3.56. The summed E-state index contributed by atoms with van der Waals surface area (Å²) in [5, 5.41) is 14.1. The van der Waals surface area contributed by atoms with E-state index >= 15 is 0 Å². The number of benzene rings is 2. The van der Waals surface area contributed by atoms with Crippen molar-refractivity contribution in [3.05, 3.63) is 82.7 Å². The van der Waals surface area contributed by atoms with Gasteiger partial charge in [0.05, 0.1) is 15.7 Å². The van der Waals surface area contributed by atoms with Crippen molar-refractivity contribution < 1.29 is 32.3 Å². The average Bonchev–Trinajstić information content (AvgIpc) is 3.50. The van der Waals surface area contributed by atoms with Crippen molar-refractivity contribution in [1.82, 2.24) is 14.6 Å². The Balaban J connectivity index is 1.45. The van der Waals surface area contributed by atoms with Crippen LogP contribution in [-0.2, 0) is 23.3 Å². The molecule has 3 atom stereocenters. The molecule has 1 fully saturated rings. The minimum atomic E-state index is -4.49. The summed E-state index contributed by atoms with van der Waals surface area (Å²) in [6, 6.07) is 16.2. The Morgan fingerprint density at radius 3 is 2.32 bits per heavy atom. The minimum absolute atomic E-state index is 0.0405. The smallest absolute Gasteiger partial charge is 0.419 e. The maximum absolute atomic E-state index is 14.0. The zero-order valence-corrected chi connectivity index (χ0v) is 24.1. The topological polar surface area (TPSA) is 152 Å². The highest BCUT2D eigenvalue weighted by atomic mass is 35.5. The molecule has 2 N–H and O–H groups in total. The zero-order chi connectivity index (χ0) is 29.2. The van der Waals surface area contributed by atoms with E-state index in [2.05, 4.69) is 10.1 Å². The zero-order valence-electron chi connectivity index (χ0n) is 21.7. The van der Waals surface area contributed by atoms with Gasteiger partial charge in [-0.1, -0.05) is 47.5 Å². The van der Waals surface area contributed by atoms with E-state index in [-0.39, 0.29) is 27.4 Å². The number of aromatic nitrogens is 3. The Kier molecular flexibility index (Phi) is 8.29. The summed E-state index contributed by atoms with van der Waals surface area (Å²) in [7, 11) is -4.49. The van der Waals surface area contributed by atoms with Gasteiger partial charge >= 0.3 is 7.82 Å². The maximum atomic E-state index is 14.0. The first kappa shape index (κ1) is 29.0. The molecule has 0 aliphatic carbocycles. The summed E-state index contributed by atoms with van der Waals surface area (Å²) >= 11 is 12.5. The predicted octanol–water partition coefficient (Wildman–Crippen LogP) is 5.96. The Bertz CT molecular complexity index is 1590. The minimum Gasteiger partial charge on any atom is -0.419 e. The Morgan fingerprint density at radius 1 is 1.07 bits per heavy atom. The molecule has 2 aromatic carbocycles. The number of para-hydroxylation sites is 2. The predicted molar refractivity (Wildman–Crippen MR) is 148 cm³/mol. The first-order chi connectivity index (χ1) is 19.6. The summed E-state index contributed by atoms with van der Waals surface area (Å²) in [6.07, 6.45) is 0.0754. The molecule has 0 spiro atoms. The van der Waals surface area contributed by atoms with Crippen molar-refractivity contribution in [2.24, 2.45) is 0 Å². The molecular weight excluding hydrogens is 596 g/mol. The van der Waals surface area contributed by atoms with Gasteiger partial charge in [0.15, 0.2) is 29.2 Å². The lowest BCUT2D eigenvalue weighted by molar-refractivity contribution is -0.157. The molecule has 214 valence electrons. The number of fused-ring (bicyclic) bond motifs is 1. The molecular formula is C26H24Cl2N5O7P. The first-order valence-corrected chi connectivity index (χ1v) is 14.4. The number of ether oxygens (including phenoxy) is 3. The van der Waals surface area contributed by atoms with Gasteiger partial charge in [-0.3, -0.25) is 4.52 Å². The number of nitriles is 1. The van der Waals surface area contributed by atoms with Gasteiger partial charge in [-0.25, -0.2) is 14.1 Å². The summed E-state index contributed by atoms with van der Waals surface area (Å²) < 4.78 is 50.3. The summed E-state index contributed by atoms with van der Waals surface area (Å²) in [5.41, 5.74) is 7.10. The number of nitrogen functional groups attached to an aromatic ring is 1. The molecule has 3 heterocycles. The van der Waals surface area contributed by atoms with Gasteiger partial charge < -0.3 is 29.0 Å². The van der Waals surface area contributed by atoms with E-state index in [1.807, 2.05) is 0 Å². The second-order valence-corrected chi connectivity index (χ2v) is 11.6. The van der Waals surface area contributed by atoms with Crippen LogP contribution in [0.25, 0.3) is 5.52 Å². The number of hydrogen-bond donors (Lipinski definition) is 1. The highest BCUT2D eigenvalue weighted by molar-refractivity contribution is 7.49. The monoisotopic (exact) mass is 619 g/mol. The molecule has 0 amide bonds. The van der Waals surface area contributed by atoms with E-state index in [4.69, 9.17) is 56.7 Å². The lowest BCUT2D eigenvalue weighted by atomic mass is 10.1. The number of nitrogens with zero attached hydrogens (tertiary/aromatic N) is 4. The molecule has 1 saturated heterocycles. The fraction of sp³-hybridized carbons (Fsp3) is 0.269. The fourth-order valence-electron chi connectivity index (χ4n) is 4.26. The number of phosphoric ester groups is 1. The summed E-state index contributed by atoms with van der Waals surface area (Å²) in [4.78, 5) is 4.01. The van der Waals surface area contributed by atoms with E-state index in [9.17, 15) is 9.83 Å². The molecule has 12 nitrogen and oxygen atoms in total. The van der Waals surface area contributed by atoms with E-state index in [1.54, 1.807) is 73.1 Å². The second-order valence-electron chi connectivity index (χ2n) is 9.26. The van der Waals surface area contributed by atoms with Gasteiger partial charge in [0.25, 0.3) is 6.26 Å². The fourth-order valence-corrected chi connectivity index (χ4v) is 5.98. The molecule has 1 aliphatic rings. The SMILES string of the molecule is CC1(C)O[C@H]([C@@H](COP(=O)(Oc2ccccc2Cl)Oc2ccccc2Cl)OC#N)[C@H](c2ccc3c(N)ncnn23)O1. The molecule has 0 unspecified atom stereocenters. The van der Waals surface area contributed by atoms with E-state index < -0.39 is 38.5 Å². The van der Waals surface area contributed by atoms with Crippen molar-refractivity contribution >= 4 is 42.4 Å². The molecule has 0 radical (unpaired) electrons. The third-order valence-electron chi connectivity index (χ3n) is 5.99. The van der Waals surface area contributed by atoms with Gasteiger partial charge in [0.1, 0.15) is 30.7 Å². The standard InChI is InChI=1S/C26H24Cl2N5O7P/c1-26(2)37-23(18-11-12-19-25(30)31-15-32-33(18)19)24(38-26)22(35-14-29)13-36-41(34,39-20-9-5-3-7-16(20)27)40-21-10-6-4-8-17(21)28/h3-12,15,22-24H,13H2,1-2H3,(H2,30,31,32)/t22-,23+,24-/m1/s1. The normalized spacial score (nSPS) is 19.0. The van der Waals surface area contributed by atoms with Crippen LogP contribution in [0, 0.1) is 11.5 Å². The third kappa shape index (κ3) is 6.36. The van der Waals surface area contributed by atoms with Crippen molar-refractivity contribution in [3.63, 3.8) is 0 Å². The second kappa shape index (κ2) is 11.7. The van der Waals surface area contributed by atoms with Crippen LogP contribution in [0.2, 0.25) is 10.0 Å². The average molecular weight is 620 g/mol. The number of nitrogens with two attached hydrogens (primary N) is 1. The molecule has 41 heavy (non-hydrogen) atoms. The highest BCUT2D eigenvalue weighted by Gasteiger charge is 2.49. The van der Waals surface area contributed by atoms with Gasteiger partial charge in [0, 0.05) is 0 Å². The van der Waals surface area contributed by atoms with Crippen LogP contribution >= 0.6 is 31.0 Å². The molecule has 15 heteroatoms. The number of halogens is 2. The number of hydrogen-bond acceptors (Lipinski definition) is 11. The molecule has 2 aromatic heterocycles. The van der Waals surface area contributed by atoms with Gasteiger partial charge in [-0.15, -0.1) is 0 Å². The number of phosphoric acid groups is 1. The van der Waals surface area contributed by atoms with Crippen LogP contribution < -0.4 is 14.8 Å². The quantitative estimate of drug-likeness (QED) is 0.165. The van der Waals surface area contributed by atoms with Gasteiger partial charge in [0.2, 0.25) is 0 Å². The van der Waals surface area contributed by atoms with Crippen LogP contribution in [0.3, 0.4) is 0 Å². The lowest BCUT2D eigenvalue weighted by Gasteiger charge is -2.26. The van der Waals surface area contributed by atoms with E-state index in [0.717, 1.165) is 0 Å². The van der Waals surface area contributed by atoms with E-state index in [1.165, 1.54) is 18.5 Å². The van der Waals surface area contributed by atoms with Crippen molar-refractivity contribution in [3.8, 4) is 17.8 Å². The number of rotatable bonds is 10. The molecule has 0 saturated carbocycles.